The van der Waals surface area contributed by atoms with Crippen LogP contribution in [0.5, 0.6) is 0 Å². The van der Waals surface area contributed by atoms with Crippen LogP contribution < -0.4 is 10.2 Å². The van der Waals surface area contributed by atoms with Crippen molar-refractivity contribution < 1.29 is 4.92 Å². The molecule has 0 amide bonds. The molecule has 1 saturated heterocycles. The van der Waals surface area contributed by atoms with Gasteiger partial charge in [0.1, 0.15) is 5.69 Å². The van der Waals surface area contributed by atoms with E-state index >= 15 is 0 Å². The van der Waals surface area contributed by atoms with Gasteiger partial charge in [0, 0.05) is 43.5 Å². The molecule has 1 heterocycles. The molecule has 0 atom stereocenters. The van der Waals surface area contributed by atoms with E-state index in [9.17, 15) is 10.1 Å². The van der Waals surface area contributed by atoms with Gasteiger partial charge in [0.05, 0.1) is 11.0 Å². The van der Waals surface area contributed by atoms with Gasteiger partial charge in [-0.3, -0.25) is 15.0 Å². The number of nitrogens with zero attached hydrogens (tertiary/aromatic N) is 3. The minimum absolute atomic E-state index is 0.0896. The molecule has 6 heteroatoms. The second kappa shape index (κ2) is 10.3. The lowest BCUT2D eigenvalue weighted by Crippen LogP contribution is -2.43. The van der Waals surface area contributed by atoms with Gasteiger partial charge < -0.3 is 10.2 Å². The third-order valence-corrected chi connectivity index (χ3v) is 6.55. The Hall–Kier alpha value is -3.38. The van der Waals surface area contributed by atoms with Crippen LogP contribution >= 0.6 is 0 Å². The first kappa shape index (κ1) is 23.8. The SMILES string of the molecule is CC(C)(C)N1CCCN(c2ccc([N+](=O)[O-])c(NC(c3ccccc3)c3ccccc3)c2)CC1. The van der Waals surface area contributed by atoms with Crippen molar-refractivity contribution in [3.05, 3.63) is 100 Å². The van der Waals surface area contributed by atoms with Crippen LogP contribution in [-0.4, -0.2) is 41.5 Å². The topological polar surface area (TPSA) is 61.7 Å². The zero-order valence-electron chi connectivity index (χ0n) is 20.3. The van der Waals surface area contributed by atoms with E-state index in [2.05, 4.69) is 60.2 Å². The maximum absolute atomic E-state index is 11.9. The van der Waals surface area contributed by atoms with Crippen molar-refractivity contribution in [3.63, 3.8) is 0 Å². The first-order valence-corrected chi connectivity index (χ1v) is 12.0. The zero-order chi connectivity index (χ0) is 24.1. The van der Waals surface area contributed by atoms with Crippen molar-refractivity contribution in [1.82, 2.24) is 4.90 Å². The molecule has 0 radical (unpaired) electrons. The van der Waals surface area contributed by atoms with Gasteiger partial charge in [0.2, 0.25) is 0 Å². The second-order valence-corrected chi connectivity index (χ2v) is 9.86. The molecule has 0 aliphatic carbocycles. The molecule has 0 bridgehead atoms. The van der Waals surface area contributed by atoms with Gasteiger partial charge in [-0.15, -0.1) is 0 Å². The average molecular weight is 459 g/mol. The summed E-state index contributed by atoms with van der Waals surface area (Å²) in [4.78, 5) is 16.5. The van der Waals surface area contributed by atoms with E-state index in [0.717, 1.165) is 49.4 Å². The van der Waals surface area contributed by atoms with E-state index in [4.69, 9.17) is 0 Å². The van der Waals surface area contributed by atoms with Gasteiger partial charge in [0.15, 0.2) is 0 Å². The van der Waals surface area contributed by atoms with Crippen molar-refractivity contribution in [2.75, 3.05) is 36.4 Å². The van der Waals surface area contributed by atoms with Crippen LogP contribution in [0, 0.1) is 10.1 Å². The number of nitro benzene ring substituents is 1. The van der Waals surface area contributed by atoms with Crippen molar-refractivity contribution in [1.29, 1.82) is 0 Å². The summed E-state index contributed by atoms with van der Waals surface area (Å²) in [5.41, 5.74) is 3.90. The van der Waals surface area contributed by atoms with E-state index in [1.165, 1.54) is 0 Å². The molecular formula is C28H34N4O2. The van der Waals surface area contributed by atoms with E-state index in [0.29, 0.717) is 5.69 Å². The Balaban J connectivity index is 1.66. The summed E-state index contributed by atoms with van der Waals surface area (Å²) < 4.78 is 0. The Bertz CT molecular complexity index is 1060. The Morgan fingerprint density at radius 3 is 2.03 bits per heavy atom. The molecule has 3 aromatic carbocycles. The van der Waals surface area contributed by atoms with E-state index < -0.39 is 0 Å². The van der Waals surface area contributed by atoms with Crippen LogP contribution in [0.4, 0.5) is 17.1 Å². The van der Waals surface area contributed by atoms with Crippen LogP contribution in [0.3, 0.4) is 0 Å². The molecule has 1 N–H and O–H groups in total. The number of rotatable bonds is 6. The number of nitrogens with one attached hydrogen (secondary N) is 1. The second-order valence-electron chi connectivity index (χ2n) is 9.86. The highest BCUT2D eigenvalue weighted by Gasteiger charge is 2.26. The van der Waals surface area contributed by atoms with Crippen molar-refractivity contribution >= 4 is 17.1 Å². The predicted molar refractivity (Wildman–Crippen MR) is 140 cm³/mol. The molecule has 4 rings (SSSR count). The fraction of sp³-hybridized carbons (Fsp3) is 0.357. The Morgan fingerprint density at radius 1 is 0.853 bits per heavy atom. The first-order valence-electron chi connectivity index (χ1n) is 12.0. The lowest BCUT2D eigenvalue weighted by Gasteiger charge is -2.34. The zero-order valence-corrected chi connectivity index (χ0v) is 20.3. The third-order valence-electron chi connectivity index (χ3n) is 6.55. The largest absolute Gasteiger partial charge is 0.370 e. The molecule has 1 fully saturated rings. The predicted octanol–water partition coefficient (Wildman–Crippen LogP) is 6.11. The minimum Gasteiger partial charge on any atom is -0.370 e. The number of nitro groups is 1. The van der Waals surface area contributed by atoms with Gasteiger partial charge >= 0.3 is 0 Å². The van der Waals surface area contributed by atoms with Crippen molar-refractivity contribution in [2.45, 2.75) is 38.8 Å². The van der Waals surface area contributed by atoms with Gasteiger partial charge in [-0.2, -0.15) is 0 Å². The number of anilines is 2. The summed E-state index contributed by atoms with van der Waals surface area (Å²) >= 11 is 0. The first-order chi connectivity index (χ1) is 16.3. The van der Waals surface area contributed by atoms with Gasteiger partial charge in [-0.05, 0) is 50.5 Å². The van der Waals surface area contributed by atoms with Crippen LogP contribution in [0.1, 0.15) is 44.4 Å². The van der Waals surface area contributed by atoms with Crippen LogP contribution in [0.15, 0.2) is 78.9 Å². The molecule has 0 unspecified atom stereocenters. The summed E-state index contributed by atoms with van der Waals surface area (Å²) in [5, 5.41) is 15.4. The average Bonchev–Trinajstić information content (AvgIpc) is 3.10. The van der Waals surface area contributed by atoms with Crippen LogP contribution in [-0.2, 0) is 0 Å². The fourth-order valence-corrected chi connectivity index (χ4v) is 4.65. The molecular weight excluding hydrogens is 424 g/mol. The quantitative estimate of drug-likeness (QED) is 0.357. The van der Waals surface area contributed by atoms with Crippen molar-refractivity contribution in [2.24, 2.45) is 0 Å². The molecule has 3 aromatic rings. The van der Waals surface area contributed by atoms with Gasteiger partial charge in [-0.25, -0.2) is 0 Å². The summed E-state index contributed by atoms with van der Waals surface area (Å²) in [6.07, 6.45) is 1.06. The molecule has 0 spiro atoms. The summed E-state index contributed by atoms with van der Waals surface area (Å²) in [6.45, 7) is 10.6. The standard InChI is InChI=1S/C28H34N4O2/c1-28(2,3)31-18-10-17-30(19-20-31)24-15-16-26(32(33)34)25(21-24)29-27(22-11-6-4-7-12-22)23-13-8-5-9-14-23/h4-9,11-16,21,27,29H,10,17-20H2,1-3H3. The van der Waals surface area contributed by atoms with Gasteiger partial charge in [-0.1, -0.05) is 60.7 Å². The normalized spacial score (nSPS) is 15.2. The van der Waals surface area contributed by atoms with Crippen LogP contribution in [0.25, 0.3) is 0 Å². The Labute approximate surface area is 202 Å². The summed E-state index contributed by atoms with van der Waals surface area (Å²) in [7, 11) is 0. The Morgan fingerprint density at radius 2 is 1.47 bits per heavy atom. The van der Waals surface area contributed by atoms with E-state index in [-0.39, 0.29) is 22.2 Å². The number of hydrogen-bond donors (Lipinski definition) is 1. The smallest absolute Gasteiger partial charge is 0.292 e. The van der Waals surface area contributed by atoms with Crippen LogP contribution in [0.2, 0.25) is 0 Å². The maximum atomic E-state index is 11.9. The summed E-state index contributed by atoms with van der Waals surface area (Å²) in [6, 6.07) is 25.4. The summed E-state index contributed by atoms with van der Waals surface area (Å²) in [5.74, 6) is 0. The number of hydrogen-bond acceptors (Lipinski definition) is 5. The molecule has 1 aliphatic heterocycles. The van der Waals surface area contributed by atoms with E-state index in [1.807, 2.05) is 48.5 Å². The van der Waals surface area contributed by atoms with Gasteiger partial charge in [0.25, 0.3) is 5.69 Å². The maximum Gasteiger partial charge on any atom is 0.292 e. The molecule has 6 nitrogen and oxygen atoms in total. The highest BCUT2D eigenvalue weighted by atomic mass is 16.6. The molecule has 1 aliphatic rings. The Kier molecular flexibility index (Phi) is 7.17. The highest BCUT2D eigenvalue weighted by Crippen LogP contribution is 2.35. The lowest BCUT2D eigenvalue weighted by atomic mass is 9.98. The monoisotopic (exact) mass is 458 g/mol. The molecule has 0 saturated carbocycles. The van der Waals surface area contributed by atoms with E-state index in [1.54, 1.807) is 6.07 Å². The highest BCUT2D eigenvalue weighted by molar-refractivity contribution is 5.70. The molecule has 0 aromatic heterocycles. The lowest BCUT2D eigenvalue weighted by molar-refractivity contribution is -0.384. The van der Waals surface area contributed by atoms with Crippen molar-refractivity contribution in [3.8, 4) is 0 Å². The third kappa shape index (κ3) is 5.57. The number of benzene rings is 3. The molecule has 34 heavy (non-hydrogen) atoms. The molecule has 178 valence electrons. The minimum atomic E-state index is -0.303. The fourth-order valence-electron chi connectivity index (χ4n) is 4.65.